The molecule has 1 amide bonds. The van der Waals surface area contributed by atoms with Gasteiger partial charge in [0.15, 0.2) is 0 Å². The lowest BCUT2D eigenvalue weighted by atomic mass is 9.69. The van der Waals surface area contributed by atoms with Crippen molar-refractivity contribution in [3.05, 3.63) is 29.8 Å². The third-order valence-electron chi connectivity index (χ3n) is 5.29. The smallest absolute Gasteiger partial charge is 0.231 e. The quantitative estimate of drug-likeness (QED) is 0.932. The fraction of sp³-hybridized carbons (Fsp3) is 0.611. The van der Waals surface area contributed by atoms with E-state index >= 15 is 0 Å². The Bertz CT molecular complexity index is 533. The summed E-state index contributed by atoms with van der Waals surface area (Å²) in [5, 5.41) is 3.46. The predicted molar refractivity (Wildman–Crippen MR) is 87.1 cm³/mol. The molecule has 4 nitrogen and oxygen atoms in total. The van der Waals surface area contributed by atoms with Crippen LogP contribution in [0.4, 0.5) is 0 Å². The van der Waals surface area contributed by atoms with Gasteiger partial charge in [-0.05, 0) is 50.9 Å². The predicted octanol–water partition coefficient (Wildman–Crippen LogP) is 2.40. The molecule has 0 saturated carbocycles. The van der Waals surface area contributed by atoms with E-state index in [9.17, 15) is 4.79 Å². The zero-order valence-corrected chi connectivity index (χ0v) is 13.8. The minimum atomic E-state index is -0.267. The van der Waals surface area contributed by atoms with E-state index in [1.54, 1.807) is 7.11 Å². The summed E-state index contributed by atoms with van der Waals surface area (Å²) in [5.41, 5.74) is 0.984. The Labute approximate surface area is 132 Å². The average molecular weight is 302 g/mol. The minimum absolute atomic E-state index is 0.259. The maximum Gasteiger partial charge on any atom is 0.231 e. The second kappa shape index (κ2) is 5.92. The van der Waals surface area contributed by atoms with Crippen LogP contribution in [-0.4, -0.2) is 43.6 Å². The Hall–Kier alpha value is -1.55. The van der Waals surface area contributed by atoms with E-state index in [0.29, 0.717) is 5.91 Å². The molecule has 1 aromatic carbocycles. The van der Waals surface area contributed by atoms with Crippen LogP contribution in [0.2, 0.25) is 0 Å². The van der Waals surface area contributed by atoms with E-state index in [0.717, 1.165) is 38.2 Å². The molecule has 120 valence electrons. The molecule has 0 bridgehead atoms. The number of likely N-dealkylation sites (tertiary alicyclic amines) is 1. The Morgan fingerprint density at radius 1 is 1.32 bits per heavy atom. The molecule has 2 saturated heterocycles. The van der Waals surface area contributed by atoms with Gasteiger partial charge in [-0.25, -0.2) is 0 Å². The average Bonchev–Trinajstić information content (AvgIpc) is 2.82. The monoisotopic (exact) mass is 302 g/mol. The lowest BCUT2D eigenvalue weighted by Gasteiger charge is -2.37. The standard InChI is InChI=1S/C18H26N2O2/c1-13(2)20-11-16(14-5-7-15(22-3)8-6-14)18(17(20)21)9-4-10-19-12-18/h5-8,13,16,19H,4,9-12H2,1-3H3/t16-,18-/m1/s1. The third-order valence-corrected chi connectivity index (χ3v) is 5.29. The molecule has 2 aliphatic heterocycles. The van der Waals surface area contributed by atoms with E-state index in [-0.39, 0.29) is 17.4 Å². The maximum absolute atomic E-state index is 13.1. The summed E-state index contributed by atoms with van der Waals surface area (Å²) in [4.78, 5) is 15.1. The lowest BCUT2D eigenvalue weighted by molar-refractivity contribution is -0.138. The first-order valence-electron chi connectivity index (χ1n) is 8.24. The normalized spacial score (nSPS) is 28.6. The molecule has 2 aliphatic rings. The second-order valence-corrected chi connectivity index (χ2v) is 6.81. The minimum Gasteiger partial charge on any atom is -0.497 e. The van der Waals surface area contributed by atoms with E-state index in [1.165, 1.54) is 5.56 Å². The molecule has 1 N–H and O–H groups in total. The highest BCUT2D eigenvalue weighted by Gasteiger charge is 2.54. The molecule has 22 heavy (non-hydrogen) atoms. The SMILES string of the molecule is COc1ccc([C@H]2CN(C(C)C)C(=O)[C@@]23CCCNC3)cc1. The van der Waals surface area contributed by atoms with Crippen LogP contribution in [0.5, 0.6) is 5.75 Å². The summed E-state index contributed by atoms with van der Waals surface area (Å²) >= 11 is 0. The number of hydrogen-bond donors (Lipinski definition) is 1. The Morgan fingerprint density at radius 3 is 2.59 bits per heavy atom. The summed E-state index contributed by atoms with van der Waals surface area (Å²) in [6.07, 6.45) is 2.06. The molecule has 2 fully saturated rings. The van der Waals surface area contributed by atoms with Crippen molar-refractivity contribution in [3.8, 4) is 5.75 Å². The highest BCUT2D eigenvalue weighted by atomic mass is 16.5. The number of carbonyl (C=O) groups excluding carboxylic acids is 1. The number of rotatable bonds is 3. The fourth-order valence-electron chi connectivity index (χ4n) is 4.00. The highest BCUT2D eigenvalue weighted by Crippen LogP contribution is 2.48. The van der Waals surface area contributed by atoms with Crippen LogP contribution in [0, 0.1) is 5.41 Å². The number of nitrogens with one attached hydrogen (secondary N) is 1. The van der Waals surface area contributed by atoms with Gasteiger partial charge in [0.2, 0.25) is 5.91 Å². The van der Waals surface area contributed by atoms with Gasteiger partial charge >= 0.3 is 0 Å². The summed E-state index contributed by atoms with van der Waals surface area (Å²) in [6, 6.07) is 8.51. The summed E-state index contributed by atoms with van der Waals surface area (Å²) in [6.45, 7) is 6.86. The molecule has 0 aliphatic carbocycles. The number of amides is 1. The molecule has 0 aromatic heterocycles. The number of piperidine rings is 1. The van der Waals surface area contributed by atoms with Crippen molar-refractivity contribution in [1.82, 2.24) is 10.2 Å². The maximum atomic E-state index is 13.1. The van der Waals surface area contributed by atoms with Gasteiger partial charge in [-0.2, -0.15) is 0 Å². The fourth-order valence-corrected chi connectivity index (χ4v) is 4.00. The first-order chi connectivity index (χ1) is 10.6. The van der Waals surface area contributed by atoms with Crippen LogP contribution >= 0.6 is 0 Å². The van der Waals surface area contributed by atoms with Crippen LogP contribution in [-0.2, 0) is 4.79 Å². The Kier molecular flexibility index (Phi) is 4.13. The first-order valence-corrected chi connectivity index (χ1v) is 8.24. The van der Waals surface area contributed by atoms with Crippen LogP contribution in [0.1, 0.15) is 38.2 Å². The van der Waals surface area contributed by atoms with Gasteiger partial charge in [0.05, 0.1) is 12.5 Å². The summed E-state index contributed by atoms with van der Waals surface area (Å²) in [7, 11) is 1.68. The van der Waals surface area contributed by atoms with Crippen molar-refractivity contribution >= 4 is 5.91 Å². The molecule has 1 spiro atoms. The van der Waals surface area contributed by atoms with Gasteiger partial charge in [-0.1, -0.05) is 12.1 Å². The molecule has 1 aromatic rings. The van der Waals surface area contributed by atoms with Crippen molar-refractivity contribution in [3.63, 3.8) is 0 Å². The molecule has 3 rings (SSSR count). The number of methoxy groups -OCH3 is 1. The van der Waals surface area contributed by atoms with Crippen molar-refractivity contribution in [1.29, 1.82) is 0 Å². The van der Waals surface area contributed by atoms with Gasteiger partial charge in [0.1, 0.15) is 5.75 Å². The summed E-state index contributed by atoms with van der Waals surface area (Å²) < 4.78 is 5.26. The van der Waals surface area contributed by atoms with E-state index in [1.807, 2.05) is 12.1 Å². The molecular weight excluding hydrogens is 276 g/mol. The number of carbonyl (C=O) groups is 1. The largest absolute Gasteiger partial charge is 0.497 e. The van der Waals surface area contributed by atoms with Gasteiger partial charge < -0.3 is 15.0 Å². The van der Waals surface area contributed by atoms with Crippen molar-refractivity contribution in [2.24, 2.45) is 5.41 Å². The van der Waals surface area contributed by atoms with Crippen LogP contribution in [0.3, 0.4) is 0 Å². The van der Waals surface area contributed by atoms with Gasteiger partial charge in [-0.3, -0.25) is 4.79 Å². The third kappa shape index (κ3) is 2.39. The topological polar surface area (TPSA) is 41.6 Å². The van der Waals surface area contributed by atoms with Crippen molar-refractivity contribution < 1.29 is 9.53 Å². The molecular formula is C18H26N2O2. The van der Waals surface area contributed by atoms with Crippen molar-refractivity contribution in [2.75, 3.05) is 26.7 Å². The first kappa shape index (κ1) is 15.3. The zero-order valence-electron chi connectivity index (χ0n) is 13.8. The van der Waals surface area contributed by atoms with Gasteiger partial charge in [0.25, 0.3) is 0 Å². The van der Waals surface area contributed by atoms with Crippen LogP contribution in [0.15, 0.2) is 24.3 Å². The lowest BCUT2D eigenvalue weighted by Crippen LogP contribution is -2.48. The Balaban J connectivity index is 1.97. The number of nitrogens with zero attached hydrogens (tertiary/aromatic N) is 1. The van der Waals surface area contributed by atoms with E-state index in [4.69, 9.17) is 4.74 Å². The van der Waals surface area contributed by atoms with Gasteiger partial charge in [-0.15, -0.1) is 0 Å². The molecule has 4 heteroatoms. The van der Waals surface area contributed by atoms with Gasteiger partial charge in [0, 0.05) is 25.0 Å². The molecule has 2 heterocycles. The molecule has 0 unspecified atom stereocenters. The van der Waals surface area contributed by atoms with E-state index < -0.39 is 0 Å². The van der Waals surface area contributed by atoms with Crippen LogP contribution < -0.4 is 10.1 Å². The number of benzene rings is 1. The molecule has 0 radical (unpaired) electrons. The molecule has 2 atom stereocenters. The summed E-state index contributed by atoms with van der Waals surface area (Å²) in [5.74, 6) is 1.46. The second-order valence-electron chi connectivity index (χ2n) is 6.81. The Morgan fingerprint density at radius 2 is 2.05 bits per heavy atom. The zero-order chi connectivity index (χ0) is 15.7. The number of ether oxygens (including phenoxy) is 1. The van der Waals surface area contributed by atoms with Crippen LogP contribution in [0.25, 0.3) is 0 Å². The van der Waals surface area contributed by atoms with Crippen molar-refractivity contribution in [2.45, 2.75) is 38.6 Å². The highest BCUT2D eigenvalue weighted by molar-refractivity contribution is 5.87. The number of hydrogen-bond acceptors (Lipinski definition) is 3. The van der Waals surface area contributed by atoms with E-state index in [2.05, 4.69) is 36.2 Å².